The summed E-state index contributed by atoms with van der Waals surface area (Å²) in [7, 11) is 0. The molecule has 2 heterocycles. The van der Waals surface area contributed by atoms with Gasteiger partial charge in [-0.2, -0.15) is 0 Å². The topological polar surface area (TPSA) is 114 Å². The molecule has 9 heteroatoms. The Morgan fingerprint density at radius 2 is 2.35 bits per heavy atom. The van der Waals surface area contributed by atoms with Gasteiger partial charge in [-0.25, -0.2) is 0 Å². The van der Waals surface area contributed by atoms with Crippen molar-refractivity contribution in [2.24, 2.45) is 0 Å². The lowest BCUT2D eigenvalue weighted by Crippen LogP contribution is -2.22. The quantitative estimate of drug-likeness (QED) is 0.380. The maximum atomic E-state index is 11.2. The van der Waals surface area contributed by atoms with Crippen molar-refractivity contribution in [3.05, 3.63) is 27.6 Å². The zero-order valence-corrected chi connectivity index (χ0v) is 12.8. The molecule has 0 aromatic carbocycles. The fourth-order valence-corrected chi connectivity index (χ4v) is 2.08. The summed E-state index contributed by atoms with van der Waals surface area (Å²) in [6, 6.07) is 1.73. The second-order valence-electron chi connectivity index (χ2n) is 5.17. The molecule has 1 saturated heterocycles. The van der Waals surface area contributed by atoms with Crippen molar-refractivity contribution in [1.29, 1.82) is 0 Å². The van der Waals surface area contributed by atoms with Crippen molar-refractivity contribution in [2.75, 3.05) is 19.8 Å². The summed E-state index contributed by atoms with van der Waals surface area (Å²) in [5.41, 5.74) is 0.647. The maximum Gasteiger partial charge on any atom is 0.312 e. The minimum atomic E-state index is -0.598. The smallest absolute Gasteiger partial charge is 0.312 e. The Kier molecular flexibility index (Phi) is 6.95. The second-order valence-corrected chi connectivity index (χ2v) is 5.17. The van der Waals surface area contributed by atoms with E-state index in [9.17, 15) is 14.9 Å². The van der Waals surface area contributed by atoms with E-state index < -0.39 is 17.4 Å². The number of hydrogen-bond acceptors (Lipinski definition) is 8. The van der Waals surface area contributed by atoms with E-state index in [4.69, 9.17) is 18.7 Å². The first-order valence-electron chi connectivity index (χ1n) is 7.58. The predicted molar refractivity (Wildman–Crippen MR) is 76.0 cm³/mol. The number of nitro groups is 1. The van der Waals surface area contributed by atoms with Gasteiger partial charge in [0.05, 0.1) is 13.2 Å². The van der Waals surface area contributed by atoms with Crippen LogP contribution in [-0.2, 0) is 32.0 Å². The molecule has 0 radical (unpaired) electrons. The first-order chi connectivity index (χ1) is 11.1. The third kappa shape index (κ3) is 6.74. The normalized spacial score (nSPS) is 17.8. The molecule has 23 heavy (non-hydrogen) atoms. The van der Waals surface area contributed by atoms with Crippen molar-refractivity contribution in [3.8, 4) is 0 Å². The number of carbonyl (C=O) groups excluding carboxylic acids is 1. The molecule has 1 aliphatic rings. The Balaban J connectivity index is 1.62. The summed E-state index contributed by atoms with van der Waals surface area (Å²) < 4.78 is 21.0. The maximum absolute atomic E-state index is 11.2. The molecule has 1 fully saturated rings. The van der Waals surface area contributed by atoms with E-state index in [1.165, 1.54) is 0 Å². The Labute approximate surface area is 133 Å². The van der Waals surface area contributed by atoms with Crippen LogP contribution in [0, 0.1) is 10.1 Å². The molecule has 0 saturated carbocycles. The summed E-state index contributed by atoms with van der Waals surface area (Å²) in [6.45, 7) is 0.691. The fraction of sp³-hybridized carbons (Fsp3) is 0.714. The van der Waals surface area contributed by atoms with E-state index >= 15 is 0 Å². The molecule has 0 amide bonds. The number of rotatable bonds is 9. The summed E-state index contributed by atoms with van der Waals surface area (Å²) in [6.07, 6.45) is 2.97. The molecule has 9 nitrogen and oxygen atoms in total. The fourth-order valence-electron chi connectivity index (χ4n) is 2.08. The van der Waals surface area contributed by atoms with Gasteiger partial charge in [0.15, 0.2) is 6.29 Å². The minimum absolute atomic E-state index is 0.0950. The molecule has 0 bridgehead atoms. The average molecular weight is 328 g/mol. The molecule has 1 atom stereocenters. The summed E-state index contributed by atoms with van der Waals surface area (Å²) in [5, 5.41) is 14.0. The molecule has 1 aromatic rings. The number of aromatic nitrogens is 1. The number of ether oxygens (including phenoxy) is 3. The zero-order chi connectivity index (χ0) is 16.5. The number of carbonyl (C=O) groups is 1. The van der Waals surface area contributed by atoms with Crippen LogP contribution in [0.15, 0.2) is 10.6 Å². The van der Waals surface area contributed by atoms with Crippen LogP contribution in [0.1, 0.15) is 37.1 Å². The first kappa shape index (κ1) is 17.4. The lowest BCUT2D eigenvalue weighted by Gasteiger charge is -2.21. The SMILES string of the molecule is O=C(CC[N+](=O)[O-])OCCc1cc(COC2CCCCO2)no1. The van der Waals surface area contributed by atoms with Crippen LogP contribution in [0.25, 0.3) is 0 Å². The highest BCUT2D eigenvalue weighted by Gasteiger charge is 2.15. The van der Waals surface area contributed by atoms with Crippen LogP contribution >= 0.6 is 0 Å². The Morgan fingerprint density at radius 3 is 3.09 bits per heavy atom. The highest BCUT2D eigenvalue weighted by Crippen LogP contribution is 2.15. The molecule has 1 aliphatic heterocycles. The van der Waals surface area contributed by atoms with E-state index in [0.717, 1.165) is 25.9 Å². The summed E-state index contributed by atoms with van der Waals surface area (Å²) in [5.74, 6) is -0.0329. The number of esters is 1. The molecule has 0 spiro atoms. The standard InChI is InChI=1S/C14H20N2O7/c17-13(4-6-16(18)19)20-8-5-12-9-11(15-23-12)10-22-14-3-1-2-7-21-14/h9,14H,1-8,10H2. The van der Waals surface area contributed by atoms with Gasteiger partial charge in [-0.1, -0.05) is 5.16 Å². The van der Waals surface area contributed by atoms with Gasteiger partial charge in [0.1, 0.15) is 17.9 Å². The first-order valence-corrected chi connectivity index (χ1v) is 7.58. The van der Waals surface area contributed by atoms with E-state index in [1.807, 2.05) is 0 Å². The lowest BCUT2D eigenvalue weighted by molar-refractivity contribution is -0.479. The zero-order valence-electron chi connectivity index (χ0n) is 12.8. The van der Waals surface area contributed by atoms with Crippen LogP contribution in [0.3, 0.4) is 0 Å². The molecule has 0 aliphatic carbocycles. The number of hydrogen-bond donors (Lipinski definition) is 0. The number of nitrogens with zero attached hydrogens (tertiary/aromatic N) is 2. The van der Waals surface area contributed by atoms with E-state index in [2.05, 4.69) is 5.16 Å². The van der Waals surface area contributed by atoms with Crippen molar-refractivity contribution in [1.82, 2.24) is 5.16 Å². The Morgan fingerprint density at radius 1 is 1.48 bits per heavy atom. The molecule has 1 unspecified atom stereocenters. The van der Waals surface area contributed by atoms with Crippen molar-refractivity contribution >= 4 is 5.97 Å². The largest absolute Gasteiger partial charge is 0.465 e. The Hall–Kier alpha value is -2.00. The third-order valence-corrected chi connectivity index (χ3v) is 3.27. The summed E-state index contributed by atoms with van der Waals surface area (Å²) in [4.78, 5) is 20.8. The van der Waals surface area contributed by atoms with Crippen LogP contribution < -0.4 is 0 Å². The van der Waals surface area contributed by atoms with Gasteiger partial charge in [0, 0.05) is 24.0 Å². The molecule has 0 N–H and O–H groups in total. The molecule has 2 rings (SSSR count). The summed E-state index contributed by atoms with van der Waals surface area (Å²) >= 11 is 0. The van der Waals surface area contributed by atoms with E-state index in [1.54, 1.807) is 6.07 Å². The van der Waals surface area contributed by atoms with Crippen molar-refractivity contribution < 1.29 is 28.5 Å². The monoisotopic (exact) mass is 328 g/mol. The van der Waals surface area contributed by atoms with Crippen molar-refractivity contribution in [2.45, 2.75) is 45.0 Å². The highest BCUT2D eigenvalue weighted by atomic mass is 16.7. The van der Waals surface area contributed by atoms with Gasteiger partial charge in [0.25, 0.3) is 0 Å². The molecule has 1 aromatic heterocycles. The van der Waals surface area contributed by atoms with E-state index in [-0.39, 0.29) is 19.3 Å². The van der Waals surface area contributed by atoms with Gasteiger partial charge in [-0.3, -0.25) is 14.9 Å². The third-order valence-electron chi connectivity index (χ3n) is 3.27. The van der Waals surface area contributed by atoms with E-state index in [0.29, 0.717) is 24.5 Å². The van der Waals surface area contributed by atoms with Crippen LogP contribution in [-0.4, -0.2) is 42.1 Å². The van der Waals surface area contributed by atoms with Crippen LogP contribution in [0.4, 0.5) is 0 Å². The molecular weight excluding hydrogens is 308 g/mol. The van der Waals surface area contributed by atoms with Crippen molar-refractivity contribution in [3.63, 3.8) is 0 Å². The van der Waals surface area contributed by atoms with Gasteiger partial charge in [-0.05, 0) is 19.3 Å². The van der Waals surface area contributed by atoms with Crippen LogP contribution in [0.2, 0.25) is 0 Å². The second kappa shape index (κ2) is 9.21. The predicted octanol–water partition coefficient (Wildman–Crippen LogP) is 1.47. The molecular formula is C14H20N2O7. The Bertz CT molecular complexity index is 511. The van der Waals surface area contributed by atoms with Gasteiger partial charge < -0.3 is 18.7 Å². The van der Waals surface area contributed by atoms with Crippen LogP contribution in [0.5, 0.6) is 0 Å². The van der Waals surface area contributed by atoms with Gasteiger partial charge >= 0.3 is 5.97 Å². The molecule has 128 valence electrons. The minimum Gasteiger partial charge on any atom is -0.465 e. The lowest BCUT2D eigenvalue weighted by atomic mass is 10.2. The highest BCUT2D eigenvalue weighted by molar-refractivity contribution is 5.69. The van der Waals surface area contributed by atoms with Gasteiger partial charge in [0.2, 0.25) is 6.54 Å². The van der Waals surface area contributed by atoms with Gasteiger partial charge in [-0.15, -0.1) is 0 Å². The average Bonchev–Trinajstić information content (AvgIpc) is 3.00.